The zero-order valence-corrected chi connectivity index (χ0v) is 16.1. The Hall–Kier alpha value is -3.80. The van der Waals surface area contributed by atoms with Gasteiger partial charge in [-0.25, -0.2) is 14.6 Å². The van der Waals surface area contributed by atoms with E-state index in [4.69, 9.17) is 5.73 Å². The van der Waals surface area contributed by atoms with E-state index in [0.29, 0.717) is 5.82 Å². The molecule has 3 N–H and O–H groups in total. The van der Waals surface area contributed by atoms with Gasteiger partial charge < -0.3 is 16.0 Å². The third-order valence-corrected chi connectivity index (χ3v) is 4.72. The van der Waals surface area contributed by atoms with Crippen LogP contribution in [0, 0.1) is 6.92 Å². The summed E-state index contributed by atoms with van der Waals surface area (Å²) < 4.78 is 39.8. The van der Waals surface area contributed by atoms with Crippen molar-refractivity contribution in [3.8, 4) is 0 Å². The van der Waals surface area contributed by atoms with Crippen molar-refractivity contribution in [1.29, 1.82) is 0 Å². The second kappa shape index (κ2) is 7.47. The van der Waals surface area contributed by atoms with E-state index in [1.165, 1.54) is 40.3 Å². The second-order valence-electron chi connectivity index (χ2n) is 6.85. The summed E-state index contributed by atoms with van der Waals surface area (Å²) in [6.45, 7) is 1.67. The summed E-state index contributed by atoms with van der Waals surface area (Å²) in [7, 11) is 0. The zero-order chi connectivity index (χ0) is 22.3. The lowest BCUT2D eigenvalue weighted by molar-refractivity contribution is -0.137. The van der Waals surface area contributed by atoms with Crippen LogP contribution in [0.15, 0.2) is 42.9 Å². The number of aryl methyl sites for hydroxylation is 1. The Balaban J connectivity index is 1.62. The van der Waals surface area contributed by atoms with Crippen molar-refractivity contribution in [3.63, 3.8) is 0 Å². The molecule has 2 aromatic heterocycles. The Morgan fingerprint density at radius 3 is 2.42 bits per heavy atom. The molecule has 2 amide bonds. The first-order chi connectivity index (χ1) is 14.6. The molecule has 1 aliphatic heterocycles. The first-order valence-corrected chi connectivity index (χ1v) is 9.07. The molecule has 4 rings (SSSR count). The number of hydrogen-bond acceptors (Lipinski definition) is 6. The molecule has 1 aliphatic rings. The molecule has 0 saturated heterocycles. The van der Waals surface area contributed by atoms with Crippen molar-refractivity contribution in [2.75, 3.05) is 16.8 Å². The minimum atomic E-state index is -4.49. The van der Waals surface area contributed by atoms with Crippen LogP contribution in [0.1, 0.15) is 38.4 Å². The van der Waals surface area contributed by atoms with Gasteiger partial charge in [0.1, 0.15) is 12.0 Å². The van der Waals surface area contributed by atoms with E-state index in [0.717, 1.165) is 12.1 Å². The number of halogens is 3. The summed E-state index contributed by atoms with van der Waals surface area (Å²) in [6.07, 6.45) is -1.28. The molecule has 0 radical (unpaired) electrons. The van der Waals surface area contributed by atoms with Gasteiger partial charge in [-0.2, -0.15) is 18.3 Å². The summed E-state index contributed by atoms with van der Waals surface area (Å²) in [5.74, 6) is -0.619. The summed E-state index contributed by atoms with van der Waals surface area (Å²) in [6, 6.07) is 4.17. The maximum Gasteiger partial charge on any atom is 0.416 e. The van der Waals surface area contributed by atoms with Crippen LogP contribution in [-0.2, 0) is 6.18 Å². The summed E-state index contributed by atoms with van der Waals surface area (Å²) in [4.78, 5) is 34.7. The van der Waals surface area contributed by atoms with E-state index in [1.54, 1.807) is 6.92 Å². The molecule has 160 valence electrons. The molecule has 1 unspecified atom stereocenters. The summed E-state index contributed by atoms with van der Waals surface area (Å²) in [5.41, 5.74) is 5.82. The maximum atomic E-state index is 13.1. The number of rotatable bonds is 3. The Bertz CT molecular complexity index is 1140. The van der Waals surface area contributed by atoms with Gasteiger partial charge in [-0.05, 0) is 31.2 Å². The first kappa shape index (κ1) is 20.5. The third kappa shape index (κ3) is 3.84. The van der Waals surface area contributed by atoms with Crippen LogP contribution in [0.25, 0.3) is 0 Å². The van der Waals surface area contributed by atoms with E-state index in [-0.39, 0.29) is 29.2 Å². The number of hydrogen-bond donors (Lipinski definition) is 2. The number of alkyl halides is 3. The van der Waals surface area contributed by atoms with Crippen LogP contribution in [0.3, 0.4) is 0 Å². The fraction of sp³-hybridized carbons (Fsp3) is 0.211. The molecule has 0 fully saturated rings. The van der Waals surface area contributed by atoms with Gasteiger partial charge >= 0.3 is 6.18 Å². The van der Waals surface area contributed by atoms with Gasteiger partial charge in [-0.3, -0.25) is 9.59 Å². The van der Waals surface area contributed by atoms with E-state index < -0.39 is 29.7 Å². The maximum absolute atomic E-state index is 13.1. The van der Waals surface area contributed by atoms with Crippen molar-refractivity contribution in [3.05, 3.63) is 65.5 Å². The number of nitrogens with two attached hydrogens (primary N) is 1. The van der Waals surface area contributed by atoms with Crippen LogP contribution in [0.4, 0.5) is 24.5 Å². The predicted molar refractivity (Wildman–Crippen MR) is 103 cm³/mol. The van der Waals surface area contributed by atoms with Crippen molar-refractivity contribution in [1.82, 2.24) is 19.7 Å². The fourth-order valence-electron chi connectivity index (χ4n) is 3.15. The molecule has 12 heteroatoms. The van der Waals surface area contributed by atoms with E-state index in [1.807, 2.05) is 0 Å². The molecule has 0 bridgehead atoms. The average molecular weight is 431 g/mol. The second-order valence-corrected chi connectivity index (χ2v) is 6.85. The van der Waals surface area contributed by atoms with Gasteiger partial charge in [-0.15, -0.1) is 0 Å². The highest BCUT2D eigenvalue weighted by Gasteiger charge is 2.35. The highest BCUT2D eigenvalue weighted by Crippen LogP contribution is 2.33. The van der Waals surface area contributed by atoms with Crippen LogP contribution < -0.4 is 16.0 Å². The quantitative estimate of drug-likeness (QED) is 0.657. The number of nitrogens with one attached hydrogen (secondary N) is 1. The van der Waals surface area contributed by atoms with Crippen LogP contribution in [0.2, 0.25) is 0 Å². The molecule has 3 aromatic rings. The van der Waals surface area contributed by atoms with Crippen molar-refractivity contribution < 1.29 is 22.8 Å². The number of nitrogens with zero attached hydrogens (tertiary/aromatic N) is 5. The lowest BCUT2D eigenvalue weighted by Gasteiger charge is -2.32. The molecule has 0 spiro atoms. The minimum Gasteiger partial charge on any atom is -0.319 e. The van der Waals surface area contributed by atoms with Crippen molar-refractivity contribution in [2.24, 2.45) is 5.73 Å². The number of benzene rings is 1. The summed E-state index contributed by atoms with van der Waals surface area (Å²) in [5, 5.41) is 6.66. The molecule has 0 aliphatic carbocycles. The van der Waals surface area contributed by atoms with E-state index in [9.17, 15) is 22.8 Å². The molecular formula is C19H16F3N7O2. The average Bonchev–Trinajstić information content (AvgIpc) is 3.15. The zero-order valence-electron chi connectivity index (χ0n) is 16.1. The van der Waals surface area contributed by atoms with Crippen LogP contribution >= 0.6 is 0 Å². The van der Waals surface area contributed by atoms with Gasteiger partial charge in [0, 0.05) is 18.1 Å². The lowest BCUT2D eigenvalue weighted by atomic mass is 10.1. The van der Waals surface area contributed by atoms with Gasteiger partial charge in [0.2, 0.25) is 0 Å². The number of carbonyl (C=O) groups is 2. The van der Waals surface area contributed by atoms with Crippen LogP contribution in [0.5, 0.6) is 0 Å². The molecular weight excluding hydrogens is 415 g/mol. The molecule has 9 nitrogen and oxygen atoms in total. The lowest BCUT2D eigenvalue weighted by Crippen LogP contribution is -2.46. The Labute approximate surface area is 173 Å². The monoisotopic (exact) mass is 431 g/mol. The minimum absolute atomic E-state index is 0.00192. The van der Waals surface area contributed by atoms with Crippen molar-refractivity contribution in [2.45, 2.75) is 19.3 Å². The number of anilines is 2. The number of fused-ring (bicyclic) bond motifs is 1. The normalized spacial score (nSPS) is 16.2. The smallest absolute Gasteiger partial charge is 0.319 e. The topological polar surface area (TPSA) is 119 Å². The number of amides is 2. The number of aromatic nitrogens is 4. The SMILES string of the molecule is Cc1ncc(C(=O)Nc2cnn3c2C(=O)N(c2ccc(C(F)(F)F)cc2)CC3N)cn1. The highest BCUT2D eigenvalue weighted by atomic mass is 19.4. The Morgan fingerprint density at radius 2 is 1.81 bits per heavy atom. The molecule has 0 saturated carbocycles. The molecule has 1 aromatic carbocycles. The Morgan fingerprint density at radius 1 is 1.16 bits per heavy atom. The van der Waals surface area contributed by atoms with Gasteiger partial charge in [0.25, 0.3) is 11.8 Å². The molecule has 3 heterocycles. The fourth-order valence-corrected chi connectivity index (χ4v) is 3.15. The van der Waals surface area contributed by atoms with Gasteiger partial charge in [-0.1, -0.05) is 0 Å². The third-order valence-electron chi connectivity index (χ3n) is 4.72. The summed E-state index contributed by atoms with van der Waals surface area (Å²) >= 11 is 0. The molecule has 31 heavy (non-hydrogen) atoms. The Kier molecular flexibility index (Phi) is 4.93. The van der Waals surface area contributed by atoms with Gasteiger partial charge in [0.05, 0.1) is 29.6 Å². The standard InChI is InChI=1S/C19H16F3N7O2/c1-10-24-6-11(7-25-10)17(30)27-14-8-26-29-15(23)9-28(18(31)16(14)29)13-4-2-12(3-5-13)19(20,21)22/h2-8,15H,9,23H2,1H3,(H,27,30). The van der Waals surface area contributed by atoms with Crippen LogP contribution in [-0.4, -0.2) is 38.1 Å². The highest BCUT2D eigenvalue weighted by molar-refractivity contribution is 6.13. The number of carbonyl (C=O) groups excluding carboxylic acids is 2. The van der Waals surface area contributed by atoms with E-state index in [2.05, 4.69) is 20.4 Å². The largest absolute Gasteiger partial charge is 0.416 e. The first-order valence-electron chi connectivity index (χ1n) is 9.07. The molecule has 1 atom stereocenters. The van der Waals surface area contributed by atoms with Gasteiger partial charge in [0.15, 0.2) is 5.69 Å². The van der Waals surface area contributed by atoms with Crippen molar-refractivity contribution >= 4 is 23.2 Å². The van der Waals surface area contributed by atoms with E-state index >= 15 is 0 Å². The predicted octanol–water partition coefficient (Wildman–Crippen LogP) is 2.37.